The molecule has 0 saturated heterocycles. The van der Waals surface area contributed by atoms with Crippen LogP contribution in [0, 0.1) is 0 Å². The van der Waals surface area contributed by atoms with Crippen LogP contribution in [-0.4, -0.2) is 15.5 Å². The summed E-state index contributed by atoms with van der Waals surface area (Å²) in [5.74, 6) is 6.19. The summed E-state index contributed by atoms with van der Waals surface area (Å²) in [6.45, 7) is 4.76. The van der Waals surface area contributed by atoms with Gasteiger partial charge < -0.3 is 4.57 Å². The zero-order valence-corrected chi connectivity index (χ0v) is 8.53. The Labute approximate surface area is 83.3 Å². The molecule has 3 N–H and O–H groups in total. The summed E-state index contributed by atoms with van der Waals surface area (Å²) in [6, 6.07) is 0. The van der Waals surface area contributed by atoms with Crippen molar-refractivity contribution in [3.05, 3.63) is 18.2 Å². The van der Waals surface area contributed by atoms with Crippen molar-refractivity contribution in [2.45, 2.75) is 32.7 Å². The zero-order chi connectivity index (χ0) is 10.6. The molecule has 0 aromatic carbocycles. The van der Waals surface area contributed by atoms with Crippen LogP contribution in [0.25, 0.3) is 0 Å². The quantitative estimate of drug-likeness (QED) is 0.415. The van der Waals surface area contributed by atoms with E-state index in [9.17, 15) is 4.79 Å². The lowest BCUT2D eigenvalue weighted by molar-refractivity contribution is -0.121. The Hall–Kier alpha value is -1.36. The second-order valence-electron chi connectivity index (χ2n) is 3.45. The highest BCUT2D eigenvalue weighted by atomic mass is 16.2. The van der Waals surface area contributed by atoms with E-state index in [-0.39, 0.29) is 5.91 Å². The molecular formula is C9H16N4O. The molecule has 78 valence electrons. The number of carbonyl (C=O) groups excluding carboxylic acids is 1. The maximum atomic E-state index is 10.9. The fraction of sp³-hybridized carbons (Fsp3) is 0.556. The second-order valence-corrected chi connectivity index (χ2v) is 3.45. The first-order chi connectivity index (χ1) is 6.65. The number of hydrazine groups is 1. The number of nitrogens with two attached hydrogens (primary N) is 1. The third kappa shape index (κ3) is 2.56. The Morgan fingerprint density at radius 2 is 2.43 bits per heavy atom. The minimum Gasteiger partial charge on any atom is -0.334 e. The number of aromatic nitrogens is 2. The van der Waals surface area contributed by atoms with Crippen LogP contribution in [0.5, 0.6) is 0 Å². The average molecular weight is 196 g/mol. The van der Waals surface area contributed by atoms with Crippen molar-refractivity contribution in [2.24, 2.45) is 5.84 Å². The molecule has 0 atom stereocenters. The minimum absolute atomic E-state index is 0.159. The Morgan fingerprint density at radius 1 is 1.71 bits per heavy atom. The molecule has 1 heterocycles. The molecule has 14 heavy (non-hydrogen) atoms. The largest absolute Gasteiger partial charge is 0.334 e. The van der Waals surface area contributed by atoms with Gasteiger partial charge in [-0.15, -0.1) is 0 Å². The Bertz CT molecular complexity index is 306. The first-order valence-electron chi connectivity index (χ1n) is 4.65. The van der Waals surface area contributed by atoms with E-state index in [4.69, 9.17) is 5.84 Å². The number of nitrogens with one attached hydrogen (secondary N) is 1. The molecule has 0 aliphatic heterocycles. The SMILES string of the molecule is CC(C)c1nccn1CCC(=O)NN. The fourth-order valence-corrected chi connectivity index (χ4v) is 1.30. The van der Waals surface area contributed by atoms with Crippen LogP contribution in [0.15, 0.2) is 12.4 Å². The van der Waals surface area contributed by atoms with E-state index >= 15 is 0 Å². The van der Waals surface area contributed by atoms with E-state index in [0.717, 1.165) is 5.82 Å². The monoisotopic (exact) mass is 196 g/mol. The topological polar surface area (TPSA) is 72.9 Å². The molecule has 5 nitrogen and oxygen atoms in total. The van der Waals surface area contributed by atoms with E-state index in [1.54, 1.807) is 6.20 Å². The number of aryl methyl sites for hydroxylation is 1. The van der Waals surface area contributed by atoms with E-state index in [0.29, 0.717) is 18.9 Å². The van der Waals surface area contributed by atoms with Crippen LogP contribution in [0.2, 0.25) is 0 Å². The normalized spacial score (nSPS) is 10.6. The van der Waals surface area contributed by atoms with Gasteiger partial charge in [0.1, 0.15) is 5.82 Å². The third-order valence-electron chi connectivity index (χ3n) is 2.00. The lowest BCUT2D eigenvalue weighted by Crippen LogP contribution is -2.30. The minimum atomic E-state index is -0.159. The molecular weight excluding hydrogens is 180 g/mol. The van der Waals surface area contributed by atoms with Gasteiger partial charge in [-0.1, -0.05) is 13.8 Å². The third-order valence-corrected chi connectivity index (χ3v) is 2.00. The van der Waals surface area contributed by atoms with Gasteiger partial charge in [0.15, 0.2) is 0 Å². The molecule has 0 aliphatic carbocycles. The summed E-state index contributed by atoms with van der Waals surface area (Å²) >= 11 is 0. The molecule has 1 rings (SSSR count). The van der Waals surface area contributed by atoms with Crippen molar-refractivity contribution in [1.29, 1.82) is 0 Å². The van der Waals surface area contributed by atoms with Gasteiger partial charge in [-0.3, -0.25) is 10.2 Å². The molecule has 0 fully saturated rings. The number of nitrogens with zero attached hydrogens (tertiary/aromatic N) is 2. The van der Waals surface area contributed by atoms with Gasteiger partial charge in [-0.25, -0.2) is 10.8 Å². The molecule has 0 bridgehead atoms. The van der Waals surface area contributed by atoms with Gasteiger partial charge in [0, 0.05) is 31.3 Å². The van der Waals surface area contributed by atoms with Crippen molar-refractivity contribution in [3.8, 4) is 0 Å². The average Bonchev–Trinajstić information content (AvgIpc) is 2.62. The van der Waals surface area contributed by atoms with Crippen molar-refractivity contribution in [3.63, 3.8) is 0 Å². The number of imidazole rings is 1. The van der Waals surface area contributed by atoms with Gasteiger partial charge in [0.2, 0.25) is 5.91 Å². The van der Waals surface area contributed by atoms with Crippen molar-refractivity contribution in [2.75, 3.05) is 0 Å². The molecule has 0 radical (unpaired) electrons. The van der Waals surface area contributed by atoms with E-state index in [2.05, 4.69) is 24.3 Å². The zero-order valence-electron chi connectivity index (χ0n) is 8.53. The van der Waals surface area contributed by atoms with Crippen molar-refractivity contribution >= 4 is 5.91 Å². The lowest BCUT2D eigenvalue weighted by Gasteiger charge is -2.09. The Balaban J connectivity index is 2.58. The van der Waals surface area contributed by atoms with Crippen molar-refractivity contribution < 1.29 is 4.79 Å². The molecule has 1 amide bonds. The van der Waals surface area contributed by atoms with Crippen LogP contribution >= 0.6 is 0 Å². The molecule has 1 aromatic rings. The number of hydrogen-bond donors (Lipinski definition) is 2. The van der Waals surface area contributed by atoms with Crippen LogP contribution < -0.4 is 11.3 Å². The smallest absolute Gasteiger partial charge is 0.235 e. The second kappa shape index (κ2) is 4.76. The summed E-state index contributed by atoms with van der Waals surface area (Å²) in [7, 11) is 0. The first kappa shape index (κ1) is 10.7. The van der Waals surface area contributed by atoms with Crippen molar-refractivity contribution in [1.82, 2.24) is 15.0 Å². The fourth-order valence-electron chi connectivity index (χ4n) is 1.30. The highest BCUT2D eigenvalue weighted by molar-refractivity contribution is 5.75. The molecule has 0 saturated carbocycles. The van der Waals surface area contributed by atoms with Gasteiger partial charge in [-0.2, -0.15) is 0 Å². The standard InChI is InChI=1S/C9H16N4O/c1-7(2)9-11-4-6-13(9)5-3-8(14)12-10/h4,6-7H,3,5,10H2,1-2H3,(H,12,14). The number of amides is 1. The Kier molecular flexibility index (Phi) is 3.64. The van der Waals surface area contributed by atoms with Crippen LogP contribution in [0.1, 0.15) is 32.0 Å². The van der Waals surface area contributed by atoms with E-state index in [1.165, 1.54) is 0 Å². The molecule has 0 spiro atoms. The summed E-state index contributed by atoms with van der Waals surface area (Å²) in [4.78, 5) is 15.1. The molecule has 0 unspecified atom stereocenters. The summed E-state index contributed by atoms with van der Waals surface area (Å²) in [5.41, 5.74) is 2.10. The highest BCUT2D eigenvalue weighted by Crippen LogP contribution is 2.11. The number of hydrogen-bond acceptors (Lipinski definition) is 3. The van der Waals surface area contributed by atoms with Gasteiger partial charge >= 0.3 is 0 Å². The summed E-state index contributed by atoms with van der Waals surface area (Å²) in [5, 5.41) is 0. The first-order valence-corrected chi connectivity index (χ1v) is 4.65. The summed E-state index contributed by atoms with van der Waals surface area (Å²) in [6.07, 6.45) is 4.00. The van der Waals surface area contributed by atoms with E-state index < -0.39 is 0 Å². The van der Waals surface area contributed by atoms with Crippen LogP contribution in [0.3, 0.4) is 0 Å². The highest BCUT2D eigenvalue weighted by Gasteiger charge is 2.07. The maximum absolute atomic E-state index is 10.9. The molecule has 1 aromatic heterocycles. The molecule has 0 aliphatic rings. The van der Waals surface area contributed by atoms with E-state index in [1.807, 2.05) is 10.8 Å². The lowest BCUT2D eigenvalue weighted by atomic mass is 10.2. The van der Waals surface area contributed by atoms with Crippen LogP contribution in [-0.2, 0) is 11.3 Å². The predicted octanol–water partition coefficient (Wildman–Crippen LogP) is 0.387. The number of carbonyl (C=O) groups is 1. The van der Waals surface area contributed by atoms with Gasteiger partial charge in [0.05, 0.1) is 0 Å². The maximum Gasteiger partial charge on any atom is 0.235 e. The Morgan fingerprint density at radius 3 is 3.00 bits per heavy atom. The predicted molar refractivity (Wildman–Crippen MR) is 53.3 cm³/mol. The van der Waals surface area contributed by atoms with Crippen LogP contribution in [0.4, 0.5) is 0 Å². The summed E-state index contributed by atoms with van der Waals surface area (Å²) < 4.78 is 1.97. The van der Waals surface area contributed by atoms with Gasteiger partial charge in [-0.05, 0) is 0 Å². The van der Waals surface area contributed by atoms with Gasteiger partial charge in [0.25, 0.3) is 0 Å². The molecule has 5 heteroatoms. The number of rotatable bonds is 4.